The van der Waals surface area contributed by atoms with Crippen molar-refractivity contribution in [3.8, 4) is 23.0 Å². The largest absolute Gasteiger partial charge is 0.493 e. The molecule has 0 fully saturated rings. The fraction of sp³-hybridized carbons (Fsp3) is 0.397. The van der Waals surface area contributed by atoms with E-state index in [1.54, 1.807) is 69.1 Å². The van der Waals surface area contributed by atoms with Gasteiger partial charge in [-0.1, -0.05) is 91.1 Å². The van der Waals surface area contributed by atoms with Crippen LogP contribution in [0.2, 0.25) is 0 Å². The second-order valence-electron chi connectivity index (χ2n) is 21.5. The summed E-state index contributed by atoms with van der Waals surface area (Å²) >= 11 is 0. The molecular formula is C63H75N9O11S2. The van der Waals surface area contributed by atoms with E-state index in [-0.39, 0.29) is 66.6 Å². The van der Waals surface area contributed by atoms with Gasteiger partial charge in [-0.05, 0) is 97.8 Å². The first kappa shape index (κ1) is 62.8. The van der Waals surface area contributed by atoms with Gasteiger partial charge in [0.1, 0.15) is 13.2 Å². The van der Waals surface area contributed by atoms with Crippen LogP contribution in [0.15, 0.2) is 96.0 Å². The molecule has 0 aliphatic carbocycles. The Morgan fingerprint density at radius 3 is 1.88 bits per heavy atom. The number of para-hydroxylation sites is 2. The number of carbonyl (C=O) groups is 7. The van der Waals surface area contributed by atoms with Gasteiger partial charge in [-0.25, -0.2) is 0 Å². The van der Waals surface area contributed by atoms with E-state index >= 15 is 0 Å². The van der Waals surface area contributed by atoms with E-state index in [1.807, 2.05) is 73.3 Å². The number of fused-ring (bicyclic) bond motifs is 8. The van der Waals surface area contributed by atoms with Crippen molar-refractivity contribution in [2.24, 2.45) is 10.7 Å². The predicted molar refractivity (Wildman–Crippen MR) is 334 cm³/mol. The number of rotatable bonds is 26. The highest BCUT2D eigenvalue weighted by atomic mass is 33.1. The van der Waals surface area contributed by atoms with Crippen LogP contribution in [-0.2, 0) is 50.0 Å². The van der Waals surface area contributed by atoms with Crippen LogP contribution in [0.5, 0.6) is 23.0 Å². The fourth-order valence-corrected chi connectivity index (χ4v) is 12.9. The first-order valence-electron chi connectivity index (χ1n) is 28.6. The van der Waals surface area contributed by atoms with Gasteiger partial charge in [0.05, 0.1) is 68.4 Å². The summed E-state index contributed by atoms with van der Waals surface area (Å²) in [6.07, 6.45) is 8.96. The van der Waals surface area contributed by atoms with Gasteiger partial charge in [0.2, 0.25) is 29.5 Å². The fourth-order valence-electron chi connectivity index (χ4n) is 10.2. The van der Waals surface area contributed by atoms with Crippen LogP contribution in [-0.4, -0.2) is 111 Å². The third-order valence-electron chi connectivity index (χ3n) is 14.5. The monoisotopic (exact) mass is 1200 g/mol. The number of carbonyl (C=O) groups excluding carboxylic acids is 7. The molecule has 7 amide bonds. The first-order valence-corrected chi connectivity index (χ1v) is 30.9. The molecule has 9 rings (SSSR count). The van der Waals surface area contributed by atoms with Crippen molar-refractivity contribution in [3.63, 3.8) is 0 Å². The summed E-state index contributed by atoms with van der Waals surface area (Å²) in [5.41, 5.74) is 12.5. The second kappa shape index (κ2) is 29.5. The summed E-state index contributed by atoms with van der Waals surface area (Å²) < 4.78 is 24.1. The Labute approximate surface area is 503 Å². The zero-order valence-electron chi connectivity index (χ0n) is 48.9. The molecule has 2 atom stereocenters. The molecule has 5 aromatic rings. The van der Waals surface area contributed by atoms with E-state index in [1.165, 1.54) is 33.5 Å². The molecule has 0 bridgehead atoms. The molecule has 0 spiro atoms. The molecule has 7 N–H and O–H groups in total. The number of ether oxygens (including phenoxy) is 4. The van der Waals surface area contributed by atoms with E-state index in [0.717, 1.165) is 34.7 Å². The van der Waals surface area contributed by atoms with Crippen molar-refractivity contribution in [2.45, 2.75) is 116 Å². The van der Waals surface area contributed by atoms with E-state index < -0.39 is 30.8 Å². The Morgan fingerprint density at radius 1 is 0.682 bits per heavy atom. The molecule has 4 heterocycles. The van der Waals surface area contributed by atoms with E-state index in [2.05, 4.69) is 40.4 Å². The van der Waals surface area contributed by atoms with Gasteiger partial charge in [-0.3, -0.25) is 43.5 Å². The minimum absolute atomic E-state index is 0.0182. The van der Waals surface area contributed by atoms with Crippen LogP contribution in [0.4, 0.5) is 28.4 Å². The molecule has 4 aliphatic heterocycles. The SMILES string of the molecule is CCCCC.COc1cc2c(cc1OCc1cc(COc3cc4c(cc3OC)C(=O)N3c5ccccc5CC3CN4)cc(NC(=O)CNC(=O)CNC(=O)CNC(=O)CCC(C)(C)SSCCCC(N)=O)c1)N=C[C@@H]1Cc3ccccc3N1C2=O. The van der Waals surface area contributed by atoms with Crippen LogP contribution < -0.4 is 61.1 Å². The lowest BCUT2D eigenvalue weighted by molar-refractivity contribution is -0.128. The standard InChI is InChI=1S/C58H63N9O11S2.C5H12/c1-58(2,80-79-17-9-14-51(59)68)16-15-52(69)62-29-53(70)63-30-54(71)64-31-55(72)65-38-19-34(32-77-49-25-43-41(23-47(49)75-3)56(73)66-39(27-60-43)21-36-10-5-7-12-45(36)66)18-35(20-38)33-78-50-26-44-42(24-48(50)76-4)57(74)67-40(28-61-44)22-37-11-6-8-13-46(37)67;1-3-5-4-2/h5-8,10-13,18-20,23-27,39-40,61H,9,14-17,21-22,28-33H2,1-4H3,(H2,59,68)(H,62,69)(H,63,70)(H,64,71)(H,65,72);3-5H2,1-2H3/t39-,40?;/m0./s1. The smallest absolute Gasteiger partial charge is 0.261 e. The maximum Gasteiger partial charge on any atom is 0.261 e. The number of primary amides is 1. The van der Waals surface area contributed by atoms with Crippen molar-refractivity contribution >= 4 is 97.6 Å². The van der Waals surface area contributed by atoms with Gasteiger partial charge in [-0.15, -0.1) is 0 Å². The van der Waals surface area contributed by atoms with E-state index in [4.69, 9.17) is 29.7 Å². The lowest BCUT2D eigenvalue weighted by Gasteiger charge is -2.22. The molecule has 5 aromatic carbocycles. The van der Waals surface area contributed by atoms with E-state index in [9.17, 15) is 33.6 Å². The number of aliphatic imine (C=N–C) groups is 1. The Balaban J connectivity index is 0.00000180. The van der Waals surface area contributed by atoms with Gasteiger partial charge < -0.3 is 56.2 Å². The highest BCUT2D eigenvalue weighted by Gasteiger charge is 2.39. The Kier molecular flexibility index (Phi) is 21.8. The Bertz CT molecular complexity index is 3320. The maximum atomic E-state index is 14.1. The van der Waals surface area contributed by atoms with Crippen LogP contribution in [0.1, 0.15) is 116 Å². The third kappa shape index (κ3) is 16.6. The Hall–Kier alpha value is -8.24. The van der Waals surface area contributed by atoms with Crippen molar-refractivity contribution in [2.75, 3.05) is 66.6 Å². The molecule has 450 valence electrons. The quantitative estimate of drug-likeness (QED) is 0.0223. The maximum absolute atomic E-state index is 14.1. The van der Waals surface area contributed by atoms with Gasteiger partial charge in [0.25, 0.3) is 11.8 Å². The second-order valence-corrected chi connectivity index (χ2v) is 24.7. The van der Waals surface area contributed by atoms with Crippen LogP contribution in [0.25, 0.3) is 0 Å². The van der Waals surface area contributed by atoms with Crippen molar-refractivity contribution in [3.05, 3.63) is 124 Å². The molecule has 0 saturated heterocycles. The molecule has 22 heteroatoms. The summed E-state index contributed by atoms with van der Waals surface area (Å²) in [7, 11) is 6.22. The average Bonchev–Trinajstić information content (AvgIpc) is 1.79. The predicted octanol–water partition coefficient (Wildman–Crippen LogP) is 8.84. The molecule has 85 heavy (non-hydrogen) atoms. The number of amides is 7. The summed E-state index contributed by atoms with van der Waals surface area (Å²) in [5, 5.41) is 13.8. The molecule has 0 radical (unpaired) electrons. The van der Waals surface area contributed by atoms with Gasteiger partial charge in [-0.2, -0.15) is 0 Å². The molecule has 0 aromatic heterocycles. The number of hydrogen-bond acceptors (Lipinski definition) is 15. The first-order chi connectivity index (χ1) is 41.0. The number of nitrogens with two attached hydrogens (primary N) is 1. The highest BCUT2D eigenvalue weighted by Crippen LogP contribution is 2.44. The van der Waals surface area contributed by atoms with Crippen molar-refractivity contribution < 1.29 is 52.5 Å². The number of unbranched alkanes of at least 4 members (excludes halogenated alkanes) is 2. The average molecular weight is 1200 g/mol. The van der Waals surface area contributed by atoms with E-state index in [0.29, 0.717) is 94.5 Å². The molecule has 0 saturated carbocycles. The molecule has 4 aliphatic rings. The van der Waals surface area contributed by atoms with Gasteiger partial charge in [0, 0.05) is 71.7 Å². The zero-order chi connectivity index (χ0) is 60.6. The molecule has 1 unspecified atom stereocenters. The number of methoxy groups -OCH3 is 2. The van der Waals surface area contributed by atoms with Gasteiger partial charge >= 0.3 is 0 Å². The number of benzene rings is 5. The van der Waals surface area contributed by atoms with Crippen LogP contribution >= 0.6 is 21.6 Å². The molecule has 20 nitrogen and oxygen atoms in total. The summed E-state index contributed by atoms with van der Waals surface area (Å²) in [6.45, 7) is 7.71. The summed E-state index contributed by atoms with van der Waals surface area (Å²) in [5.74, 6) is -0.699. The lowest BCUT2D eigenvalue weighted by atomic mass is 10.1. The number of nitrogens with one attached hydrogen (secondary N) is 5. The number of anilines is 4. The summed E-state index contributed by atoms with van der Waals surface area (Å²) in [4.78, 5) is 98.8. The topological polar surface area (TPSA) is 261 Å². The van der Waals surface area contributed by atoms with Crippen molar-refractivity contribution in [1.82, 2.24) is 16.0 Å². The number of hydrogen-bond donors (Lipinski definition) is 6. The minimum Gasteiger partial charge on any atom is -0.493 e. The normalized spacial score (nSPS) is 15.1. The third-order valence-corrected chi connectivity index (χ3v) is 18.0. The lowest BCUT2D eigenvalue weighted by Crippen LogP contribution is -2.43. The zero-order valence-corrected chi connectivity index (χ0v) is 50.6. The van der Waals surface area contributed by atoms with Crippen LogP contribution in [0.3, 0.4) is 0 Å². The highest BCUT2D eigenvalue weighted by molar-refractivity contribution is 8.77. The van der Waals surface area contributed by atoms with Gasteiger partial charge in [0.15, 0.2) is 23.0 Å². The molecular weight excluding hydrogens is 1120 g/mol. The summed E-state index contributed by atoms with van der Waals surface area (Å²) in [6, 6.07) is 27.4. The number of nitrogens with zero attached hydrogens (tertiary/aromatic N) is 3. The van der Waals surface area contributed by atoms with Crippen molar-refractivity contribution in [1.29, 1.82) is 0 Å². The minimum atomic E-state index is -0.634. The van der Waals surface area contributed by atoms with Crippen LogP contribution in [0, 0.1) is 0 Å². The Morgan fingerprint density at radius 2 is 1.26 bits per heavy atom.